The van der Waals surface area contributed by atoms with E-state index in [4.69, 9.17) is 5.11 Å². The van der Waals surface area contributed by atoms with Crippen molar-refractivity contribution < 1.29 is 19.1 Å². The summed E-state index contributed by atoms with van der Waals surface area (Å²) in [7, 11) is 0. The largest absolute Gasteiger partial charge is 0.480 e. The van der Waals surface area contributed by atoms with Crippen LogP contribution in [0.2, 0.25) is 0 Å². The van der Waals surface area contributed by atoms with Crippen LogP contribution in [0.3, 0.4) is 0 Å². The molecule has 1 aliphatic heterocycles. The van der Waals surface area contributed by atoms with E-state index in [2.05, 4.69) is 5.32 Å². The number of hydrogen-bond donors (Lipinski definition) is 2. The zero-order chi connectivity index (χ0) is 15.2. The lowest BCUT2D eigenvalue weighted by Crippen LogP contribution is -2.48. The second kappa shape index (κ2) is 7.17. The Balaban J connectivity index is 1.86. The summed E-state index contributed by atoms with van der Waals surface area (Å²) in [5, 5.41) is 11.8. The number of carbonyl (C=O) groups is 2. The molecule has 21 heavy (non-hydrogen) atoms. The zero-order valence-electron chi connectivity index (χ0n) is 11.7. The van der Waals surface area contributed by atoms with E-state index in [1.165, 1.54) is 6.07 Å². The number of hydrogen-bond acceptors (Lipinski definition) is 3. The molecule has 0 aliphatic carbocycles. The lowest BCUT2D eigenvalue weighted by Gasteiger charge is -2.32. The molecule has 1 aliphatic rings. The number of carboxylic acid groups (broad SMARTS) is 1. The second-order valence-corrected chi connectivity index (χ2v) is 5.19. The van der Waals surface area contributed by atoms with Crippen LogP contribution in [0.4, 0.5) is 4.39 Å². The highest BCUT2D eigenvalue weighted by Gasteiger charge is 2.29. The number of carboxylic acids is 1. The predicted molar refractivity (Wildman–Crippen MR) is 75.1 cm³/mol. The van der Waals surface area contributed by atoms with E-state index in [1.807, 2.05) is 0 Å². The molecule has 1 heterocycles. The number of amides is 1. The van der Waals surface area contributed by atoms with Gasteiger partial charge in [0.15, 0.2) is 0 Å². The quantitative estimate of drug-likeness (QED) is 0.861. The molecular formula is C15H19FN2O3. The van der Waals surface area contributed by atoms with Gasteiger partial charge >= 0.3 is 5.97 Å². The molecule has 0 bridgehead atoms. The molecule has 114 valence electrons. The lowest BCUT2D eigenvalue weighted by atomic mass is 10.0. The van der Waals surface area contributed by atoms with E-state index in [9.17, 15) is 14.0 Å². The predicted octanol–water partition coefficient (Wildman–Crippen LogP) is 1.38. The molecule has 2 N–H and O–H groups in total. The highest BCUT2D eigenvalue weighted by molar-refractivity contribution is 5.80. The van der Waals surface area contributed by atoms with E-state index in [-0.39, 0.29) is 24.8 Å². The van der Waals surface area contributed by atoms with Crippen LogP contribution in [0.1, 0.15) is 24.8 Å². The highest BCUT2D eigenvalue weighted by atomic mass is 19.1. The number of rotatable bonds is 5. The first kappa shape index (κ1) is 15.4. The minimum Gasteiger partial charge on any atom is -0.480 e. The minimum absolute atomic E-state index is 0.0332. The average Bonchev–Trinajstić information content (AvgIpc) is 2.47. The van der Waals surface area contributed by atoms with Crippen LogP contribution in [0.15, 0.2) is 24.3 Å². The van der Waals surface area contributed by atoms with Gasteiger partial charge in [-0.05, 0) is 25.5 Å². The van der Waals surface area contributed by atoms with Gasteiger partial charge in [0.2, 0.25) is 5.91 Å². The first-order valence-electron chi connectivity index (χ1n) is 7.05. The van der Waals surface area contributed by atoms with Gasteiger partial charge in [-0.3, -0.25) is 14.5 Å². The molecule has 0 aromatic heterocycles. The summed E-state index contributed by atoms with van der Waals surface area (Å²) in [6, 6.07) is 5.64. The molecule has 0 saturated carbocycles. The normalized spacial score (nSPS) is 19.2. The summed E-state index contributed by atoms with van der Waals surface area (Å²) < 4.78 is 13.4. The first-order valence-corrected chi connectivity index (χ1v) is 7.05. The molecule has 1 saturated heterocycles. The molecule has 1 unspecified atom stereocenters. The maximum atomic E-state index is 13.4. The third-order valence-corrected chi connectivity index (χ3v) is 3.68. The molecule has 2 rings (SSSR count). The van der Waals surface area contributed by atoms with Crippen LogP contribution in [0.25, 0.3) is 0 Å². The molecular weight excluding hydrogens is 275 g/mol. The van der Waals surface area contributed by atoms with Crippen molar-refractivity contribution >= 4 is 11.9 Å². The molecule has 1 aromatic rings. The molecule has 1 aromatic carbocycles. The van der Waals surface area contributed by atoms with Crippen LogP contribution >= 0.6 is 0 Å². The third-order valence-electron chi connectivity index (χ3n) is 3.68. The summed E-state index contributed by atoms with van der Waals surface area (Å²) in [4.78, 5) is 24.7. The third kappa shape index (κ3) is 4.26. The Bertz CT molecular complexity index is 521. The molecule has 5 nitrogen and oxygen atoms in total. The Kier molecular flexibility index (Phi) is 5.27. The van der Waals surface area contributed by atoms with Gasteiger partial charge in [0.05, 0.1) is 6.54 Å². The number of carbonyl (C=O) groups excluding carboxylic acids is 1. The topological polar surface area (TPSA) is 69.6 Å². The molecule has 1 atom stereocenters. The van der Waals surface area contributed by atoms with Crippen molar-refractivity contribution in [2.75, 3.05) is 13.1 Å². The van der Waals surface area contributed by atoms with E-state index in [0.29, 0.717) is 18.5 Å². The summed E-state index contributed by atoms with van der Waals surface area (Å²) in [5.74, 6) is -1.54. The van der Waals surface area contributed by atoms with E-state index in [1.54, 1.807) is 23.1 Å². The van der Waals surface area contributed by atoms with Crippen LogP contribution in [0, 0.1) is 5.82 Å². The van der Waals surface area contributed by atoms with Crippen molar-refractivity contribution in [1.82, 2.24) is 10.2 Å². The average molecular weight is 294 g/mol. The monoisotopic (exact) mass is 294 g/mol. The fourth-order valence-corrected chi connectivity index (χ4v) is 2.54. The maximum absolute atomic E-state index is 13.4. The Labute approximate surface area is 122 Å². The van der Waals surface area contributed by atoms with Gasteiger partial charge in [-0.25, -0.2) is 4.39 Å². The van der Waals surface area contributed by atoms with Gasteiger partial charge in [0.1, 0.15) is 11.9 Å². The van der Waals surface area contributed by atoms with Crippen molar-refractivity contribution in [3.8, 4) is 0 Å². The van der Waals surface area contributed by atoms with E-state index >= 15 is 0 Å². The van der Waals surface area contributed by atoms with E-state index in [0.717, 1.165) is 12.8 Å². The molecule has 0 radical (unpaired) electrons. The fourth-order valence-electron chi connectivity index (χ4n) is 2.54. The highest BCUT2D eigenvalue weighted by Crippen LogP contribution is 2.16. The lowest BCUT2D eigenvalue weighted by molar-refractivity contribution is -0.145. The van der Waals surface area contributed by atoms with Crippen molar-refractivity contribution in [1.29, 1.82) is 0 Å². The first-order chi connectivity index (χ1) is 10.1. The summed E-state index contributed by atoms with van der Waals surface area (Å²) in [5.41, 5.74) is 0.416. The van der Waals surface area contributed by atoms with Gasteiger partial charge in [0, 0.05) is 12.1 Å². The number of halogens is 1. The Morgan fingerprint density at radius 2 is 2.10 bits per heavy atom. The number of likely N-dealkylation sites (tertiary alicyclic amines) is 1. The summed E-state index contributed by atoms with van der Waals surface area (Å²) in [6.45, 7) is 0.743. The SMILES string of the molecule is O=C(CN1CCCCC1C(=O)O)NCc1ccccc1F. The van der Waals surface area contributed by atoms with Crippen molar-refractivity contribution in [2.45, 2.75) is 31.8 Å². The molecule has 1 amide bonds. The molecule has 1 fully saturated rings. The van der Waals surface area contributed by atoms with E-state index < -0.39 is 12.0 Å². The van der Waals surface area contributed by atoms with Crippen LogP contribution < -0.4 is 5.32 Å². The van der Waals surface area contributed by atoms with Gasteiger partial charge in [-0.2, -0.15) is 0 Å². The Morgan fingerprint density at radius 1 is 1.33 bits per heavy atom. The zero-order valence-corrected chi connectivity index (χ0v) is 11.7. The standard InChI is InChI=1S/C15H19FN2O3/c16-12-6-2-1-5-11(12)9-17-14(19)10-18-8-4-3-7-13(18)15(20)21/h1-2,5-6,13H,3-4,7-10H2,(H,17,19)(H,20,21). The second-order valence-electron chi connectivity index (χ2n) is 5.19. The Morgan fingerprint density at radius 3 is 2.81 bits per heavy atom. The van der Waals surface area contributed by atoms with Crippen LogP contribution in [0.5, 0.6) is 0 Å². The summed E-state index contributed by atoms with van der Waals surface area (Å²) in [6.07, 6.45) is 2.32. The maximum Gasteiger partial charge on any atom is 0.320 e. The number of nitrogens with zero attached hydrogens (tertiary/aromatic N) is 1. The van der Waals surface area contributed by atoms with Gasteiger partial charge in [0.25, 0.3) is 0 Å². The number of aliphatic carboxylic acids is 1. The number of nitrogens with one attached hydrogen (secondary N) is 1. The summed E-state index contributed by atoms with van der Waals surface area (Å²) >= 11 is 0. The van der Waals surface area contributed by atoms with Gasteiger partial charge < -0.3 is 10.4 Å². The van der Waals surface area contributed by atoms with Crippen LogP contribution in [-0.2, 0) is 16.1 Å². The Hall–Kier alpha value is -1.95. The minimum atomic E-state index is -0.892. The number of piperidine rings is 1. The van der Waals surface area contributed by atoms with Crippen molar-refractivity contribution in [3.63, 3.8) is 0 Å². The number of benzene rings is 1. The van der Waals surface area contributed by atoms with Crippen molar-refractivity contribution in [3.05, 3.63) is 35.6 Å². The molecule has 6 heteroatoms. The van der Waals surface area contributed by atoms with Crippen molar-refractivity contribution in [2.24, 2.45) is 0 Å². The van der Waals surface area contributed by atoms with Crippen LogP contribution in [-0.4, -0.2) is 41.0 Å². The smallest absolute Gasteiger partial charge is 0.320 e. The van der Waals surface area contributed by atoms with Gasteiger partial charge in [-0.1, -0.05) is 24.6 Å². The van der Waals surface area contributed by atoms with Gasteiger partial charge in [-0.15, -0.1) is 0 Å². The fraction of sp³-hybridized carbons (Fsp3) is 0.467. The molecule has 0 spiro atoms.